The van der Waals surface area contributed by atoms with Crippen molar-refractivity contribution in [3.8, 4) is 0 Å². The molecule has 0 amide bonds. The summed E-state index contributed by atoms with van der Waals surface area (Å²) in [6, 6.07) is 3.76. The van der Waals surface area contributed by atoms with Gasteiger partial charge in [0.05, 0.1) is 12.2 Å². The monoisotopic (exact) mass is 192 g/mol. The van der Waals surface area contributed by atoms with Crippen LogP contribution < -0.4 is 0 Å². The minimum atomic E-state index is -0.657. The molecule has 2 bridgehead atoms. The first-order valence-electron chi connectivity index (χ1n) is 5.01. The van der Waals surface area contributed by atoms with E-state index in [0.717, 1.165) is 25.0 Å². The minimum Gasteiger partial charge on any atom is -0.481 e. The number of hydrogen-bond acceptors (Lipinski definition) is 2. The predicted octanol–water partition coefficient (Wildman–Crippen LogP) is 2.03. The SMILES string of the molecule is O=C(O)[C@H]1[C@H]2CC[C@]1(c1ccco1)C2. The summed E-state index contributed by atoms with van der Waals surface area (Å²) < 4.78 is 5.38. The summed E-state index contributed by atoms with van der Waals surface area (Å²) in [5.41, 5.74) is -0.167. The molecular formula is C11H12O3. The fourth-order valence-electron chi connectivity index (χ4n) is 3.35. The fraction of sp³-hybridized carbons (Fsp3) is 0.545. The van der Waals surface area contributed by atoms with Crippen LogP contribution in [-0.4, -0.2) is 11.1 Å². The maximum Gasteiger partial charge on any atom is 0.307 e. The normalized spacial score (nSPS) is 39.4. The molecule has 0 aromatic carbocycles. The van der Waals surface area contributed by atoms with Crippen LogP contribution in [0.2, 0.25) is 0 Å². The van der Waals surface area contributed by atoms with Gasteiger partial charge in [-0.3, -0.25) is 4.79 Å². The highest BCUT2D eigenvalue weighted by atomic mass is 16.4. The summed E-state index contributed by atoms with van der Waals surface area (Å²) in [6.07, 6.45) is 4.64. The van der Waals surface area contributed by atoms with E-state index < -0.39 is 5.97 Å². The Balaban J connectivity index is 2.01. The maximum atomic E-state index is 11.1. The number of hydrogen-bond donors (Lipinski definition) is 1. The lowest BCUT2D eigenvalue weighted by molar-refractivity contribution is -0.151. The average molecular weight is 192 g/mol. The van der Waals surface area contributed by atoms with Crippen LogP contribution in [0.4, 0.5) is 0 Å². The molecule has 1 aromatic rings. The average Bonchev–Trinajstić information content (AvgIpc) is 2.77. The van der Waals surface area contributed by atoms with E-state index in [1.54, 1.807) is 6.26 Å². The molecule has 1 N–H and O–H groups in total. The highest BCUT2D eigenvalue weighted by Gasteiger charge is 2.64. The number of fused-ring (bicyclic) bond motifs is 1. The van der Waals surface area contributed by atoms with Crippen LogP contribution in [-0.2, 0) is 10.2 Å². The molecule has 1 aromatic heterocycles. The van der Waals surface area contributed by atoms with Crippen LogP contribution in [0.3, 0.4) is 0 Å². The largest absolute Gasteiger partial charge is 0.481 e. The summed E-state index contributed by atoms with van der Waals surface area (Å²) in [7, 11) is 0. The first-order valence-corrected chi connectivity index (χ1v) is 5.01. The zero-order chi connectivity index (χ0) is 9.76. The second kappa shape index (κ2) is 2.41. The lowest BCUT2D eigenvalue weighted by Crippen LogP contribution is -2.48. The summed E-state index contributed by atoms with van der Waals surface area (Å²) in [5.74, 6) is 0.403. The maximum absolute atomic E-state index is 11.1. The van der Waals surface area contributed by atoms with Crippen LogP contribution >= 0.6 is 0 Å². The van der Waals surface area contributed by atoms with Crippen LogP contribution in [0.25, 0.3) is 0 Å². The second-order valence-corrected chi connectivity index (χ2v) is 4.45. The van der Waals surface area contributed by atoms with E-state index in [9.17, 15) is 4.79 Å². The lowest BCUT2D eigenvalue weighted by atomic mass is 9.59. The molecule has 3 saturated carbocycles. The van der Waals surface area contributed by atoms with E-state index in [1.807, 2.05) is 12.1 Å². The minimum absolute atomic E-state index is 0.167. The summed E-state index contributed by atoms with van der Waals surface area (Å²) in [4.78, 5) is 11.1. The lowest BCUT2D eigenvalue weighted by Gasteiger charge is -2.43. The topological polar surface area (TPSA) is 50.4 Å². The summed E-state index contributed by atoms with van der Waals surface area (Å²) in [6.45, 7) is 0. The van der Waals surface area contributed by atoms with Gasteiger partial charge in [0.1, 0.15) is 5.76 Å². The van der Waals surface area contributed by atoms with Gasteiger partial charge >= 0.3 is 5.97 Å². The van der Waals surface area contributed by atoms with Crippen molar-refractivity contribution in [3.63, 3.8) is 0 Å². The van der Waals surface area contributed by atoms with Crippen molar-refractivity contribution < 1.29 is 14.3 Å². The van der Waals surface area contributed by atoms with E-state index in [1.165, 1.54) is 0 Å². The quantitative estimate of drug-likeness (QED) is 0.780. The molecule has 4 rings (SSSR count). The molecule has 3 atom stereocenters. The fourth-order valence-corrected chi connectivity index (χ4v) is 3.35. The molecule has 0 saturated heterocycles. The van der Waals surface area contributed by atoms with E-state index in [2.05, 4.69) is 0 Å². The summed E-state index contributed by atoms with van der Waals surface area (Å²) >= 11 is 0. The Morgan fingerprint density at radius 2 is 2.50 bits per heavy atom. The smallest absolute Gasteiger partial charge is 0.307 e. The zero-order valence-electron chi connectivity index (χ0n) is 7.77. The van der Waals surface area contributed by atoms with Gasteiger partial charge in [-0.2, -0.15) is 0 Å². The van der Waals surface area contributed by atoms with Gasteiger partial charge in [0.25, 0.3) is 0 Å². The Morgan fingerprint density at radius 3 is 3.07 bits per heavy atom. The molecule has 3 aliphatic rings. The Hall–Kier alpha value is -1.25. The van der Waals surface area contributed by atoms with Crippen molar-refractivity contribution in [1.82, 2.24) is 0 Å². The molecule has 0 spiro atoms. The second-order valence-electron chi connectivity index (χ2n) is 4.45. The van der Waals surface area contributed by atoms with Crippen molar-refractivity contribution in [2.24, 2.45) is 11.8 Å². The van der Waals surface area contributed by atoms with E-state index in [4.69, 9.17) is 9.52 Å². The van der Waals surface area contributed by atoms with Gasteiger partial charge in [-0.1, -0.05) is 0 Å². The Bertz CT molecular complexity index is 364. The van der Waals surface area contributed by atoms with Crippen molar-refractivity contribution >= 4 is 5.97 Å². The van der Waals surface area contributed by atoms with Crippen LogP contribution in [0.15, 0.2) is 22.8 Å². The molecule has 0 radical (unpaired) electrons. The van der Waals surface area contributed by atoms with Crippen LogP contribution in [0.5, 0.6) is 0 Å². The molecule has 74 valence electrons. The van der Waals surface area contributed by atoms with Crippen molar-refractivity contribution in [3.05, 3.63) is 24.2 Å². The summed E-state index contributed by atoms with van der Waals surface area (Å²) in [5, 5.41) is 9.14. The molecular weight excluding hydrogens is 180 g/mol. The molecule has 14 heavy (non-hydrogen) atoms. The molecule has 0 unspecified atom stereocenters. The molecule has 3 fully saturated rings. The number of carboxylic acids is 1. The third-order valence-electron chi connectivity index (χ3n) is 3.93. The number of aliphatic carboxylic acids is 1. The first-order chi connectivity index (χ1) is 6.74. The van der Waals surface area contributed by atoms with Crippen molar-refractivity contribution in [2.75, 3.05) is 0 Å². The Kier molecular flexibility index (Phi) is 1.39. The predicted molar refractivity (Wildman–Crippen MR) is 48.9 cm³/mol. The molecule has 3 nitrogen and oxygen atoms in total. The molecule has 0 aliphatic heterocycles. The zero-order valence-corrected chi connectivity index (χ0v) is 7.77. The standard InChI is InChI=1S/C11H12O3/c12-10(13)9-7-3-4-11(9,6-7)8-2-1-5-14-8/h1-2,5,7,9H,3-4,6H2,(H,12,13)/t7-,9+,11+/m0/s1. The third kappa shape index (κ3) is 0.757. The molecule has 1 heterocycles. The van der Waals surface area contributed by atoms with Gasteiger partial charge in [0.15, 0.2) is 0 Å². The van der Waals surface area contributed by atoms with E-state index in [0.29, 0.717) is 5.92 Å². The van der Waals surface area contributed by atoms with E-state index >= 15 is 0 Å². The number of furan rings is 1. The third-order valence-corrected chi connectivity index (χ3v) is 3.93. The number of carboxylic acid groups (broad SMARTS) is 1. The Morgan fingerprint density at radius 1 is 1.64 bits per heavy atom. The van der Waals surface area contributed by atoms with Gasteiger partial charge in [-0.05, 0) is 37.3 Å². The van der Waals surface area contributed by atoms with Crippen molar-refractivity contribution in [2.45, 2.75) is 24.7 Å². The van der Waals surface area contributed by atoms with Crippen LogP contribution in [0, 0.1) is 11.8 Å². The molecule has 3 heteroatoms. The van der Waals surface area contributed by atoms with Crippen molar-refractivity contribution in [1.29, 1.82) is 0 Å². The van der Waals surface area contributed by atoms with Gasteiger partial charge < -0.3 is 9.52 Å². The highest BCUT2D eigenvalue weighted by molar-refractivity contribution is 5.75. The number of carbonyl (C=O) groups is 1. The Labute approximate surface area is 81.7 Å². The van der Waals surface area contributed by atoms with Gasteiger partial charge in [-0.15, -0.1) is 0 Å². The van der Waals surface area contributed by atoms with Gasteiger partial charge in [-0.25, -0.2) is 0 Å². The first kappa shape index (κ1) is 8.09. The highest BCUT2D eigenvalue weighted by Crippen LogP contribution is 2.63. The van der Waals surface area contributed by atoms with Crippen LogP contribution in [0.1, 0.15) is 25.0 Å². The number of rotatable bonds is 2. The molecule has 3 aliphatic carbocycles. The van der Waals surface area contributed by atoms with Gasteiger partial charge in [0.2, 0.25) is 0 Å². The van der Waals surface area contributed by atoms with Gasteiger partial charge in [0, 0.05) is 5.41 Å². The van der Waals surface area contributed by atoms with E-state index in [-0.39, 0.29) is 11.3 Å².